The highest BCUT2D eigenvalue weighted by molar-refractivity contribution is 7.10. The fourth-order valence-corrected chi connectivity index (χ4v) is 3.38. The van der Waals surface area contributed by atoms with Crippen molar-refractivity contribution in [3.63, 3.8) is 0 Å². The highest BCUT2D eigenvalue weighted by Gasteiger charge is 2.10. The van der Waals surface area contributed by atoms with Gasteiger partial charge in [0.25, 0.3) is 0 Å². The molecule has 1 aromatic heterocycles. The van der Waals surface area contributed by atoms with Crippen LogP contribution < -0.4 is 5.32 Å². The van der Waals surface area contributed by atoms with E-state index in [1.165, 1.54) is 49.8 Å². The Balaban J connectivity index is 1.75. The van der Waals surface area contributed by atoms with Gasteiger partial charge in [-0.25, -0.2) is 0 Å². The summed E-state index contributed by atoms with van der Waals surface area (Å²) in [7, 11) is 0. The molecule has 0 aromatic carbocycles. The van der Waals surface area contributed by atoms with Crippen molar-refractivity contribution < 1.29 is 0 Å². The van der Waals surface area contributed by atoms with Crippen LogP contribution in [0.1, 0.15) is 49.8 Å². The maximum absolute atomic E-state index is 5.91. The van der Waals surface area contributed by atoms with Gasteiger partial charge in [0.1, 0.15) is 0 Å². The largest absolute Gasteiger partial charge is 0.309 e. The van der Waals surface area contributed by atoms with Crippen molar-refractivity contribution in [2.24, 2.45) is 0 Å². The van der Waals surface area contributed by atoms with Gasteiger partial charge in [-0.1, -0.05) is 43.7 Å². The lowest BCUT2D eigenvalue weighted by molar-refractivity contribution is 0.390. The Hall–Kier alpha value is -0.0500. The van der Waals surface area contributed by atoms with E-state index in [-0.39, 0.29) is 0 Å². The number of rotatable bonds is 3. The van der Waals surface area contributed by atoms with E-state index in [1.54, 1.807) is 11.3 Å². The number of hydrogen-bond donors (Lipinski definition) is 1. The van der Waals surface area contributed by atoms with Crippen LogP contribution in [0.4, 0.5) is 0 Å². The number of nitrogens with one attached hydrogen (secondary N) is 1. The van der Waals surface area contributed by atoms with Crippen LogP contribution >= 0.6 is 22.9 Å². The summed E-state index contributed by atoms with van der Waals surface area (Å²) in [6.45, 7) is 0.988. The molecule has 1 heterocycles. The van der Waals surface area contributed by atoms with E-state index in [0.717, 1.165) is 17.6 Å². The summed E-state index contributed by atoms with van der Waals surface area (Å²) < 4.78 is 0. The first-order valence-electron chi connectivity index (χ1n) is 6.31. The molecule has 1 saturated carbocycles. The van der Waals surface area contributed by atoms with Crippen LogP contribution in [0.5, 0.6) is 0 Å². The molecule has 0 radical (unpaired) electrons. The lowest BCUT2D eigenvalue weighted by Crippen LogP contribution is -2.28. The minimum absolute atomic E-state index is 0.723. The Morgan fingerprint density at radius 2 is 1.88 bits per heavy atom. The second-order valence-corrected chi connectivity index (χ2v) is 6.09. The van der Waals surface area contributed by atoms with Crippen LogP contribution in [0.25, 0.3) is 0 Å². The van der Waals surface area contributed by atoms with Gasteiger partial charge < -0.3 is 5.32 Å². The highest BCUT2D eigenvalue weighted by Crippen LogP contribution is 2.21. The Kier molecular flexibility index (Phi) is 5.14. The maximum atomic E-state index is 5.91. The van der Waals surface area contributed by atoms with Crippen molar-refractivity contribution in [3.8, 4) is 0 Å². The van der Waals surface area contributed by atoms with E-state index >= 15 is 0 Å². The fourth-order valence-electron chi connectivity index (χ4n) is 2.35. The molecule has 1 nitrogen and oxygen atoms in total. The van der Waals surface area contributed by atoms with Crippen LogP contribution in [0.2, 0.25) is 5.02 Å². The normalized spacial score (nSPS) is 19.3. The van der Waals surface area contributed by atoms with Crippen molar-refractivity contribution in [1.29, 1.82) is 0 Å². The van der Waals surface area contributed by atoms with Gasteiger partial charge >= 0.3 is 0 Å². The Morgan fingerprint density at radius 3 is 2.50 bits per heavy atom. The molecule has 1 aromatic rings. The zero-order chi connectivity index (χ0) is 11.2. The summed E-state index contributed by atoms with van der Waals surface area (Å²) >= 11 is 7.67. The predicted molar refractivity (Wildman–Crippen MR) is 72.3 cm³/mol. The minimum atomic E-state index is 0.723. The van der Waals surface area contributed by atoms with E-state index in [2.05, 4.69) is 11.4 Å². The van der Waals surface area contributed by atoms with Gasteiger partial charge in [0.2, 0.25) is 0 Å². The molecule has 3 heteroatoms. The summed E-state index contributed by atoms with van der Waals surface area (Å²) in [6.07, 6.45) is 9.75. The maximum Gasteiger partial charge on any atom is 0.0516 e. The van der Waals surface area contributed by atoms with Crippen LogP contribution in [-0.2, 0) is 6.54 Å². The summed E-state index contributed by atoms with van der Waals surface area (Å²) in [6, 6.07) is 2.79. The first kappa shape index (κ1) is 12.4. The van der Waals surface area contributed by atoms with E-state index < -0.39 is 0 Å². The van der Waals surface area contributed by atoms with Crippen molar-refractivity contribution >= 4 is 22.9 Å². The van der Waals surface area contributed by atoms with E-state index in [0.29, 0.717) is 0 Å². The molecule has 0 spiro atoms. The summed E-state index contributed by atoms with van der Waals surface area (Å²) in [4.78, 5) is 1.35. The molecular formula is C13H20ClNS. The minimum Gasteiger partial charge on any atom is -0.309 e. The Labute approximate surface area is 107 Å². The lowest BCUT2D eigenvalue weighted by Gasteiger charge is -2.20. The third-order valence-electron chi connectivity index (χ3n) is 3.29. The zero-order valence-electron chi connectivity index (χ0n) is 9.68. The molecule has 1 N–H and O–H groups in total. The van der Waals surface area contributed by atoms with Gasteiger partial charge in [-0.05, 0) is 18.9 Å². The van der Waals surface area contributed by atoms with Crippen LogP contribution in [0.15, 0.2) is 11.4 Å². The van der Waals surface area contributed by atoms with Crippen LogP contribution in [-0.4, -0.2) is 6.04 Å². The van der Waals surface area contributed by atoms with Crippen LogP contribution in [0.3, 0.4) is 0 Å². The molecular weight excluding hydrogens is 238 g/mol. The van der Waals surface area contributed by atoms with Crippen LogP contribution in [0, 0.1) is 0 Å². The topological polar surface area (TPSA) is 12.0 Å². The van der Waals surface area contributed by atoms with Gasteiger partial charge in [-0.3, -0.25) is 0 Å². The number of hydrogen-bond acceptors (Lipinski definition) is 2. The van der Waals surface area contributed by atoms with E-state index in [1.807, 2.05) is 5.38 Å². The molecule has 0 bridgehead atoms. The predicted octanol–water partition coefficient (Wildman–Crippen LogP) is 4.60. The molecule has 1 aliphatic carbocycles. The quantitative estimate of drug-likeness (QED) is 0.834. The van der Waals surface area contributed by atoms with E-state index in [9.17, 15) is 0 Å². The molecule has 0 saturated heterocycles. The molecule has 90 valence electrons. The van der Waals surface area contributed by atoms with Gasteiger partial charge in [-0.15, -0.1) is 11.3 Å². The van der Waals surface area contributed by atoms with Gasteiger partial charge in [0.05, 0.1) is 5.02 Å². The first-order valence-corrected chi connectivity index (χ1v) is 7.56. The van der Waals surface area contributed by atoms with Crippen molar-refractivity contribution in [2.45, 2.75) is 57.5 Å². The molecule has 0 unspecified atom stereocenters. The summed E-state index contributed by atoms with van der Waals surface area (Å²) in [5.74, 6) is 0. The Morgan fingerprint density at radius 1 is 1.19 bits per heavy atom. The fraction of sp³-hybridized carbons (Fsp3) is 0.692. The lowest BCUT2D eigenvalue weighted by atomic mass is 9.97. The second kappa shape index (κ2) is 6.63. The molecule has 2 rings (SSSR count). The van der Waals surface area contributed by atoms with Crippen molar-refractivity contribution in [1.82, 2.24) is 5.32 Å². The zero-order valence-corrected chi connectivity index (χ0v) is 11.2. The molecule has 0 atom stereocenters. The van der Waals surface area contributed by atoms with Gasteiger partial charge in [0.15, 0.2) is 0 Å². The van der Waals surface area contributed by atoms with E-state index in [4.69, 9.17) is 11.6 Å². The third-order valence-corrected chi connectivity index (χ3v) is 4.58. The Bertz CT molecular complexity index is 303. The molecule has 0 amide bonds. The molecule has 1 fully saturated rings. The average Bonchev–Trinajstić information content (AvgIpc) is 2.63. The second-order valence-electron chi connectivity index (χ2n) is 4.65. The van der Waals surface area contributed by atoms with Gasteiger partial charge in [-0.2, -0.15) is 0 Å². The number of thiophene rings is 1. The molecule has 1 aliphatic rings. The monoisotopic (exact) mass is 257 g/mol. The van der Waals surface area contributed by atoms with Crippen molar-refractivity contribution in [3.05, 3.63) is 21.3 Å². The average molecular weight is 258 g/mol. The third kappa shape index (κ3) is 4.08. The number of halogens is 1. The smallest absolute Gasteiger partial charge is 0.0516 e. The SMILES string of the molecule is Clc1csc(CNC2CCCCCCC2)c1. The molecule has 0 aliphatic heterocycles. The standard InChI is InChI=1S/C13H20ClNS/c14-11-8-13(16-10-11)9-15-12-6-4-2-1-3-5-7-12/h8,10,12,15H,1-7,9H2. The highest BCUT2D eigenvalue weighted by atomic mass is 35.5. The first-order chi connectivity index (χ1) is 7.84. The summed E-state index contributed by atoms with van der Waals surface area (Å²) in [5, 5.41) is 6.56. The summed E-state index contributed by atoms with van der Waals surface area (Å²) in [5.41, 5.74) is 0. The molecule has 16 heavy (non-hydrogen) atoms. The van der Waals surface area contributed by atoms with Crippen molar-refractivity contribution in [2.75, 3.05) is 0 Å². The van der Waals surface area contributed by atoms with Gasteiger partial charge in [0, 0.05) is 22.8 Å².